The van der Waals surface area contributed by atoms with Gasteiger partial charge >= 0.3 is 0 Å². The van der Waals surface area contributed by atoms with Crippen molar-refractivity contribution in [1.82, 2.24) is 0 Å². The third kappa shape index (κ3) is 3.82. The summed E-state index contributed by atoms with van der Waals surface area (Å²) in [7, 11) is 0. The molecule has 1 aromatic carbocycles. The molecule has 2 heteroatoms. The third-order valence-corrected chi connectivity index (χ3v) is 4.48. The lowest BCUT2D eigenvalue weighted by Gasteiger charge is -2.31. The molecule has 1 fully saturated rings. The van der Waals surface area contributed by atoms with Crippen LogP contribution >= 0.6 is 15.9 Å². The van der Waals surface area contributed by atoms with Gasteiger partial charge in [-0.2, -0.15) is 0 Å². The number of halogens is 1. The fourth-order valence-corrected chi connectivity index (χ4v) is 3.56. The summed E-state index contributed by atoms with van der Waals surface area (Å²) in [6, 6.07) is 8.74. The van der Waals surface area contributed by atoms with Gasteiger partial charge in [0, 0.05) is 4.47 Å². The van der Waals surface area contributed by atoms with E-state index in [0.717, 1.165) is 18.4 Å². The Kier molecular flexibility index (Phi) is 5.05. The number of nitrogens with two attached hydrogens (primary N) is 1. The van der Waals surface area contributed by atoms with Crippen LogP contribution in [-0.4, -0.2) is 6.54 Å². The van der Waals surface area contributed by atoms with E-state index in [1.54, 1.807) is 0 Å². The standard InChI is InChI=1S/C15H22BrN/c16-15-7-3-4-12(11-15)10-14-6-2-1-5-13(14)8-9-17/h3-4,7,11,13-14H,1-2,5-6,8-10,17H2. The normalized spacial score (nSPS) is 24.8. The summed E-state index contributed by atoms with van der Waals surface area (Å²) in [5.74, 6) is 1.70. The number of benzene rings is 1. The van der Waals surface area contributed by atoms with Gasteiger partial charge < -0.3 is 5.73 Å². The van der Waals surface area contributed by atoms with Crippen LogP contribution in [0, 0.1) is 11.8 Å². The predicted molar refractivity (Wildman–Crippen MR) is 77.0 cm³/mol. The highest BCUT2D eigenvalue weighted by atomic mass is 79.9. The summed E-state index contributed by atoms with van der Waals surface area (Å²) >= 11 is 3.55. The molecule has 0 saturated heterocycles. The second kappa shape index (κ2) is 6.55. The van der Waals surface area contributed by atoms with Gasteiger partial charge in [-0.15, -0.1) is 0 Å². The minimum Gasteiger partial charge on any atom is -0.330 e. The van der Waals surface area contributed by atoms with Crippen molar-refractivity contribution in [2.75, 3.05) is 6.54 Å². The van der Waals surface area contributed by atoms with Gasteiger partial charge in [0.05, 0.1) is 0 Å². The Morgan fingerprint density at radius 3 is 2.65 bits per heavy atom. The van der Waals surface area contributed by atoms with Gasteiger partial charge in [-0.05, 0) is 55.3 Å². The highest BCUT2D eigenvalue weighted by Crippen LogP contribution is 2.34. The van der Waals surface area contributed by atoms with Crippen molar-refractivity contribution < 1.29 is 0 Å². The van der Waals surface area contributed by atoms with E-state index in [4.69, 9.17) is 5.73 Å². The molecular weight excluding hydrogens is 274 g/mol. The van der Waals surface area contributed by atoms with Gasteiger partial charge in [-0.1, -0.05) is 47.3 Å². The molecule has 1 aliphatic carbocycles. The highest BCUT2D eigenvalue weighted by Gasteiger charge is 2.24. The molecule has 2 rings (SSSR count). The Labute approximate surface area is 113 Å². The van der Waals surface area contributed by atoms with Crippen LogP contribution in [0.1, 0.15) is 37.7 Å². The first-order chi connectivity index (χ1) is 8.29. The largest absolute Gasteiger partial charge is 0.330 e. The number of hydrogen-bond donors (Lipinski definition) is 1. The summed E-state index contributed by atoms with van der Waals surface area (Å²) in [5.41, 5.74) is 7.20. The smallest absolute Gasteiger partial charge is 0.0177 e. The van der Waals surface area contributed by atoms with Crippen LogP contribution in [0.15, 0.2) is 28.7 Å². The maximum atomic E-state index is 5.73. The monoisotopic (exact) mass is 295 g/mol. The molecule has 0 aromatic heterocycles. The first kappa shape index (κ1) is 13.1. The maximum absolute atomic E-state index is 5.73. The first-order valence-electron chi connectivity index (χ1n) is 6.74. The Balaban J connectivity index is 2.00. The Bertz CT molecular complexity index is 349. The molecule has 17 heavy (non-hydrogen) atoms. The van der Waals surface area contributed by atoms with E-state index in [2.05, 4.69) is 40.2 Å². The van der Waals surface area contributed by atoms with Crippen LogP contribution in [0.3, 0.4) is 0 Å². The lowest BCUT2D eigenvalue weighted by Crippen LogP contribution is -2.24. The lowest BCUT2D eigenvalue weighted by molar-refractivity contribution is 0.225. The molecule has 2 N–H and O–H groups in total. The summed E-state index contributed by atoms with van der Waals surface area (Å²) in [5, 5.41) is 0. The molecule has 2 unspecified atom stereocenters. The van der Waals surface area contributed by atoms with Crippen LogP contribution < -0.4 is 5.73 Å². The quantitative estimate of drug-likeness (QED) is 0.887. The molecule has 2 atom stereocenters. The van der Waals surface area contributed by atoms with Gasteiger partial charge in [0.25, 0.3) is 0 Å². The SMILES string of the molecule is NCCC1CCCCC1Cc1cccc(Br)c1. The van der Waals surface area contributed by atoms with E-state index in [-0.39, 0.29) is 0 Å². The Morgan fingerprint density at radius 2 is 1.94 bits per heavy atom. The molecule has 1 aliphatic rings. The van der Waals surface area contributed by atoms with Gasteiger partial charge in [0.1, 0.15) is 0 Å². The molecule has 0 heterocycles. The van der Waals surface area contributed by atoms with Crippen LogP contribution in [0.4, 0.5) is 0 Å². The van der Waals surface area contributed by atoms with Crippen LogP contribution in [0.25, 0.3) is 0 Å². The lowest BCUT2D eigenvalue weighted by atomic mass is 9.75. The molecule has 0 bridgehead atoms. The average molecular weight is 296 g/mol. The minimum absolute atomic E-state index is 0.847. The van der Waals surface area contributed by atoms with E-state index in [0.29, 0.717) is 0 Å². The summed E-state index contributed by atoms with van der Waals surface area (Å²) in [6.07, 6.45) is 8.01. The molecule has 1 aromatic rings. The van der Waals surface area contributed by atoms with Crippen molar-refractivity contribution in [2.24, 2.45) is 17.6 Å². The van der Waals surface area contributed by atoms with Gasteiger partial charge in [0.15, 0.2) is 0 Å². The molecule has 0 amide bonds. The van der Waals surface area contributed by atoms with Crippen molar-refractivity contribution in [3.63, 3.8) is 0 Å². The summed E-state index contributed by atoms with van der Waals surface area (Å²) in [4.78, 5) is 0. The molecular formula is C15H22BrN. The fraction of sp³-hybridized carbons (Fsp3) is 0.600. The van der Waals surface area contributed by atoms with Crippen LogP contribution in [0.5, 0.6) is 0 Å². The Hall–Kier alpha value is -0.340. The topological polar surface area (TPSA) is 26.0 Å². The molecule has 94 valence electrons. The van der Waals surface area contributed by atoms with E-state index < -0.39 is 0 Å². The first-order valence-corrected chi connectivity index (χ1v) is 7.53. The molecule has 0 spiro atoms. The molecule has 1 nitrogen and oxygen atoms in total. The van der Waals surface area contributed by atoms with E-state index in [1.165, 1.54) is 48.6 Å². The molecule has 0 radical (unpaired) electrons. The van der Waals surface area contributed by atoms with Crippen molar-refractivity contribution in [1.29, 1.82) is 0 Å². The van der Waals surface area contributed by atoms with Gasteiger partial charge in [-0.3, -0.25) is 0 Å². The third-order valence-electron chi connectivity index (χ3n) is 3.99. The van der Waals surface area contributed by atoms with Crippen molar-refractivity contribution in [3.8, 4) is 0 Å². The van der Waals surface area contributed by atoms with Gasteiger partial charge in [0.2, 0.25) is 0 Å². The zero-order valence-electron chi connectivity index (χ0n) is 10.4. The highest BCUT2D eigenvalue weighted by molar-refractivity contribution is 9.10. The van der Waals surface area contributed by atoms with Crippen LogP contribution in [0.2, 0.25) is 0 Å². The number of rotatable bonds is 4. The average Bonchev–Trinajstić information content (AvgIpc) is 2.32. The minimum atomic E-state index is 0.847. The predicted octanol–water partition coefficient (Wildman–Crippen LogP) is 4.15. The number of hydrogen-bond acceptors (Lipinski definition) is 1. The fourth-order valence-electron chi connectivity index (χ4n) is 3.11. The molecule has 0 aliphatic heterocycles. The van der Waals surface area contributed by atoms with E-state index >= 15 is 0 Å². The summed E-state index contributed by atoms with van der Waals surface area (Å²) in [6.45, 7) is 0.847. The maximum Gasteiger partial charge on any atom is 0.0177 e. The van der Waals surface area contributed by atoms with Crippen LogP contribution in [-0.2, 0) is 6.42 Å². The second-order valence-corrected chi connectivity index (χ2v) is 6.13. The van der Waals surface area contributed by atoms with Gasteiger partial charge in [-0.25, -0.2) is 0 Å². The van der Waals surface area contributed by atoms with E-state index in [1.807, 2.05) is 0 Å². The zero-order valence-corrected chi connectivity index (χ0v) is 12.0. The Morgan fingerprint density at radius 1 is 1.18 bits per heavy atom. The van der Waals surface area contributed by atoms with Crippen molar-refractivity contribution in [3.05, 3.63) is 34.3 Å². The summed E-state index contributed by atoms with van der Waals surface area (Å²) < 4.78 is 1.20. The van der Waals surface area contributed by atoms with Crippen molar-refractivity contribution in [2.45, 2.75) is 38.5 Å². The van der Waals surface area contributed by atoms with E-state index in [9.17, 15) is 0 Å². The zero-order chi connectivity index (χ0) is 12.1. The molecule has 1 saturated carbocycles. The second-order valence-electron chi connectivity index (χ2n) is 5.22. The van der Waals surface area contributed by atoms with Crippen molar-refractivity contribution >= 4 is 15.9 Å².